The van der Waals surface area contributed by atoms with Crippen LogP contribution in [0.1, 0.15) is 38.1 Å². The highest BCUT2D eigenvalue weighted by molar-refractivity contribution is 7.90. The van der Waals surface area contributed by atoms with Gasteiger partial charge in [-0.3, -0.25) is 14.4 Å². The van der Waals surface area contributed by atoms with E-state index in [4.69, 9.17) is 5.73 Å². The molecule has 0 bridgehead atoms. The summed E-state index contributed by atoms with van der Waals surface area (Å²) in [5.74, 6) is -1.18. The van der Waals surface area contributed by atoms with E-state index in [2.05, 4.69) is 5.32 Å². The highest BCUT2D eigenvalue weighted by Gasteiger charge is 2.28. The minimum atomic E-state index is -3.36. The molecule has 1 aromatic heterocycles. The Morgan fingerprint density at radius 3 is 2.36 bits per heavy atom. The standard InChI is InChI=1S/C18H19N3O5S2/c1-10(22)21-8-7-13-14(9-21)27-18(15(13)16(19)23)20-17(24)11-3-5-12(6-4-11)28(2,25)26/h3-6H,7-9H2,1-2H3,(H2,19,23)(H,20,24). The smallest absolute Gasteiger partial charge is 0.256 e. The second-order valence-corrected chi connectivity index (χ2v) is 9.63. The number of anilines is 1. The van der Waals surface area contributed by atoms with Crippen molar-refractivity contribution in [2.45, 2.75) is 24.8 Å². The molecular formula is C18H19N3O5S2. The summed E-state index contributed by atoms with van der Waals surface area (Å²) < 4.78 is 23.1. The van der Waals surface area contributed by atoms with Crippen molar-refractivity contribution in [3.05, 3.63) is 45.8 Å². The molecule has 2 heterocycles. The van der Waals surface area contributed by atoms with E-state index in [9.17, 15) is 22.8 Å². The number of carbonyl (C=O) groups excluding carboxylic acids is 3. The topological polar surface area (TPSA) is 127 Å². The molecule has 1 aliphatic rings. The van der Waals surface area contributed by atoms with Gasteiger partial charge in [0.05, 0.1) is 17.0 Å². The lowest BCUT2D eigenvalue weighted by molar-refractivity contribution is -0.129. The van der Waals surface area contributed by atoms with Crippen LogP contribution in [0.5, 0.6) is 0 Å². The molecule has 0 unspecified atom stereocenters. The number of amides is 3. The minimum absolute atomic E-state index is 0.0590. The summed E-state index contributed by atoms with van der Waals surface area (Å²) in [5.41, 5.74) is 6.81. The Morgan fingerprint density at radius 2 is 1.82 bits per heavy atom. The van der Waals surface area contributed by atoms with E-state index in [0.29, 0.717) is 24.5 Å². The molecule has 2 aromatic rings. The van der Waals surface area contributed by atoms with E-state index in [1.54, 1.807) is 4.90 Å². The van der Waals surface area contributed by atoms with E-state index in [-0.39, 0.29) is 21.9 Å². The van der Waals surface area contributed by atoms with Gasteiger partial charge in [-0.25, -0.2) is 8.42 Å². The normalized spacial score (nSPS) is 13.7. The molecule has 0 atom stereocenters. The highest BCUT2D eigenvalue weighted by Crippen LogP contribution is 2.37. The number of thiophene rings is 1. The minimum Gasteiger partial charge on any atom is -0.365 e. The molecule has 3 amide bonds. The van der Waals surface area contributed by atoms with Gasteiger partial charge >= 0.3 is 0 Å². The lowest BCUT2D eigenvalue weighted by atomic mass is 10.0. The maximum absolute atomic E-state index is 12.6. The lowest BCUT2D eigenvalue weighted by Crippen LogP contribution is -2.34. The van der Waals surface area contributed by atoms with Crippen molar-refractivity contribution in [1.82, 2.24) is 4.90 Å². The first-order valence-electron chi connectivity index (χ1n) is 8.39. The first kappa shape index (κ1) is 20.0. The summed E-state index contributed by atoms with van der Waals surface area (Å²) >= 11 is 1.22. The fourth-order valence-electron chi connectivity index (χ4n) is 3.05. The van der Waals surface area contributed by atoms with Crippen LogP contribution in [0.2, 0.25) is 0 Å². The fraction of sp³-hybridized carbons (Fsp3) is 0.278. The Bertz CT molecular complexity index is 1070. The quantitative estimate of drug-likeness (QED) is 0.772. The summed E-state index contributed by atoms with van der Waals surface area (Å²) in [6.45, 7) is 2.34. The van der Waals surface area contributed by atoms with Crippen molar-refractivity contribution in [2.75, 3.05) is 18.1 Å². The number of carbonyl (C=O) groups is 3. The van der Waals surface area contributed by atoms with Gasteiger partial charge in [-0.05, 0) is 36.2 Å². The fourth-order valence-corrected chi connectivity index (χ4v) is 4.94. The van der Waals surface area contributed by atoms with Gasteiger partial charge in [0.2, 0.25) is 5.91 Å². The molecule has 3 N–H and O–H groups in total. The Labute approximate surface area is 166 Å². The van der Waals surface area contributed by atoms with Crippen LogP contribution in [0.25, 0.3) is 0 Å². The van der Waals surface area contributed by atoms with Gasteiger partial charge < -0.3 is 16.0 Å². The Balaban J connectivity index is 1.89. The number of fused-ring (bicyclic) bond motifs is 1. The molecule has 0 aliphatic carbocycles. The number of hydrogen-bond acceptors (Lipinski definition) is 6. The molecule has 0 saturated heterocycles. The van der Waals surface area contributed by atoms with Crippen LogP contribution < -0.4 is 11.1 Å². The molecule has 28 heavy (non-hydrogen) atoms. The van der Waals surface area contributed by atoms with Crippen molar-refractivity contribution >= 4 is 43.9 Å². The summed E-state index contributed by atoms with van der Waals surface area (Å²) in [4.78, 5) is 38.8. The summed E-state index contributed by atoms with van der Waals surface area (Å²) in [7, 11) is -3.36. The van der Waals surface area contributed by atoms with Gasteiger partial charge in [0.1, 0.15) is 5.00 Å². The molecule has 1 aliphatic heterocycles. The van der Waals surface area contributed by atoms with Gasteiger partial charge in [0.15, 0.2) is 9.84 Å². The van der Waals surface area contributed by atoms with Crippen LogP contribution in [0.15, 0.2) is 29.2 Å². The Morgan fingerprint density at radius 1 is 1.18 bits per heavy atom. The molecule has 0 saturated carbocycles. The number of nitrogens with one attached hydrogen (secondary N) is 1. The zero-order valence-corrected chi connectivity index (χ0v) is 16.9. The van der Waals surface area contributed by atoms with Crippen molar-refractivity contribution in [3.63, 3.8) is 0 Å². The third kappa shape index (κ3) is 3.92. The largest absolute Gasteiger partial charge is 0.365 e. The van der Waals surface area contributed by atoms with Crippen LogP contribution in [0.3, 0.4) is 0 Å². The van der Waals surface area contributed by atoms with Crippen LogP contribution in [0, 0.1) is 0 Å². The highest BCUT2D eigenvalue weighted by atomic mass is 32.2. The molecule has 0 spiro atoms. The molecule has 0 fully saturated rings. The van der Waals surface area contributed by atoms with Gasteiger partial charge in [-0.15, -0.1) is 11.3 Å². The predicted octanol–water partition coefficient (Wildman–Crippen LogP) is 1.41. The maximum atomic E-state index is 12.6. The first-order chi connectivity index (χ1) is 13.1. The van der Waals surface area contributed by atoms with E-state index >= 15 is 0 Å². The summed E-state index contributed by atoms with van der Waals surface area (Å²) in [5, 5.41) is 3.03. The number of nitrogens with two attached hydrogens (primary N) is 1. The molecule has 3 rings (SSSR count). The monoisotopic (exact) mass is 421 g/mol. The number of benzene rings is 1. The third-order valence-electron chi connectivity index (χ3n) is 4.52. The van der Waals surface area contributed by atoms with E-state index < -0.39 is 21.7 Å². The van der Waals surface area contributed by atoms with Crippen LogP contribution in [-0.4, -0.2) is 43.8 Å². The average molecular weight is 422 g/mol. The first-order valence-corrected chi connectivity index (χ1v) is 11.1. The SMILES string of the molecule is CC(=O)N1CCc2c(sc(NC(=O)c3ccc(S(C)(=O)=O)cc3)c2C(N)=O)C1. The van der Waals surface area contributed by atoms with E-state index in [1.807, 2.05) is 0 Å². The van der Waals surface area contributed by atoms with Crippen molar-refractivity contribution < 1.29 is 22.8 Å². The van der Waals surface area contributed by atoms with Crippen molar-refractivity contribution in [1.29, 1.82) is 0 Å². The van der Waals surface area contributed by atoms with E-state index in [0.717, 1.165) is 16.7 Å². The summed E-state index contributed by atoms with van der Waals surface area (Å²) in [6.07, 6.45) is 1.57. The van der Waals surface area contributed by atoms with Crippen molar-refractivity contribution in [2.24, 2.45) is 5.73 Å². The second kappa shape index (κ2) is 7.36. The molecule has 0 radical (unpaired) electrons. The lowest BCUT2D eigenvalue weighted by Gasteiger charge is -2.25. The van der Waals surface area contributed by atoms with Gasteiger partial charge in [0.25, 0.3) is 11.8 Å². The maximum Gasteiger partial charge on any atom is 0.256 e. The molecule has 1 aromatic carbocycles. The number of hydrogen-bond donors (Lipinski definition) is 2. The summed E-state index contributed by atoms with van der Waals surface area (Å²) in [6, 6.07) is 5.51. The van der Waals surface area contributed by atoms with Gasteiger partial charge in [-0.1, -0.05) is 0 Å². The Hall–Kier alpha value is -2.72. The zero-order valence-electron chi connectivity index (χ0n) is 15.3. The molecule has 10 heteroatoms. The molecular weight excluding hydrogens is 402 g/mol. The second-order valence-electron chi connectivity index (χ2n) is 6.51. The molecule has 148 valence electrons. The van der Waals surface area contributed by atoms with E-state index in [1.165, 1.54) is 42.5 Å². The van der Waals surface area contributed by atoms with Gasteiger partial charge in [-0.2, -0.15) is 0 Å². The predicted molar refractivity (Wildman–Crippen MR) is 105 cm³/mol. The number of nitrogens with zero attached hydrogens (tertiary/aromatic N) is 1. The van der Waals surface area contributed by atoms with Crippen molar-refractivity contribution in [3.8, 4) is 0 Å². The zero-order chi connectivity index (χ0) is 20.6. The third-order valence-corrected chi connectivity index (χ3v) is 6.78. The molecule has 8 nitrogen and oxygen atoms in total. The average Bonchev–Trinajstić information content (AvgIpc) is 2.98. The van der Waals surface area contributed by atoms with Crippen LogP contribution in [0.4, 0.5) is 5.00 Å². The number of primary amides is 1. The van der Waals surface area contributed by atoms with Crippen LogP contribution >= 0.6 is 11.3 Å². The van der Waals surface area contributed by atoms with Gasteiger partial charge in [0, 0.05) is 30.2 Å². The van der Waals surface area contributed by atoms with Crippen LogP contribution in [-0.2, 0) is 27.6 Å². The number of rotatable bonds is 4. The Kier molecular flexibility index (Phi) is 5.26. The number of sulfone groups is 1.